The number of amides is 1. The summed E-state index contributed by atoms with van der Waals surface area (Å²) < 4.78 is 5.01. The number of hydrogen-bond donors (Lipinski definition) is 1. The molecule has 21 heavy (non-hydrogen) atoms. The molecule has 0 aliphatic rings. The van der Waals surface area contributed by atoms with Crippen LogP contribution in [0.2, 0.25) is 0 Å². The van der Waals surface area contributed by atoms with Crippen LogP contribution in [0.5, 0.6) is 0 Å². The predicted octanol–water partition coefficient (Wildman–Crippen LogP) is 0.755. The molecule has 1 heterocycles. The first kappa shape index (κ1) is 16.7. The van der Waals surface area contributed by atoms with Gasteiger partial charge in [-0.15, -0.1) is 0 Å². The van der Waals surface area contributed by atoms with E-state index >= 15 is 0 Å². The lowest BCUT2D eigenvalue weighted by molar-refractivity contribution is -0.127. The minimum atomic E-state index is -0.497. The summed E-state index contributed by atoms with van der Waals surface area (Å²) >= 11 is 0. The van der Waals surface area contributed by atoms with Gasteiger partial charge in [-0.05, 0) is 19.9 Å². The number of nitrogen functional groups attached to an aromatic ring is 1. The summed E-state index contributed by atoms with van der Waals surface area (Å²) in [4.78, 5) is 31.3. The highest BCUT2D eigenvalue weighted by Gasteiger charge is 2.21. The minimum absolute atomic E-state index is 0.0784. The van der Waals surface area contributed by atoms with Crippen LogP contribution in [0.15, 0.2) is 12.3 Å². The lowest BCUT2D eigenvalue weighted by Crippen LogP contribution is -2.37. The Morgan fingerprint density at radius 2 is 2.00 bits per heavy atom. The largest absolute Gasteiger partial charge is 0.462 e. The van der Waals surface area contributed by atoms with Gasteiger partial charge in [0.05, 0.1) is 25.0 Å². The number of esters is 1. The summed E-state index contributed by atoms with van der Waals surface area (Å²) in [6, 6.07) is 1.52. The summed E-state index contributed by atoms with van der Waals surface area (Å²) in [7, 11) is 3.36. The second-order valence-corrected chi connectivity index (χ2v) is 4.66. The Labute approximate surface area is 124 Å². The zero-order chi connectivity index (χ0) is 16.0. The van der Waals surface area contributed by atoms with E-state index in [-0.39, 0.29) is 24.6 Å². The SMILES string of the molecule is CCOC(=O)c1cc(N)cnc1N(CC)CC(=O)N(C)C. The van der Waals surface area contributed by atoms with Crippen LogP contribution in [-0.2, 0) is 9.53 Å². The maximum atomic E-state index is 12.0. The smallest absolute Gasteiger partial charge is 0.341 e. The summed E-state index contributed by atoms with van der Waals surface area (Å²) in [5.41, 5.74) is 6.33. The van der Waals surface area contributed by atoms with Gasteiger partial charge < -0.3 is 20.3 Å². The van der Waals surface area contributed by atoms with Crippen molar-refractivity contribution in [1.29, 1.82) is 0 Å². The molecule has 116 valence electrons. The van der Waals surface area contributed by atoms with Crippen molar-refractivity contribution in [1.82, 2.24) is 9.88 Å². The molecule has 0 bridgehead atoms. The quantitative estimate of drug-likeness (QED) is 0.779. The van der Waals surface area contributed by atoms with Crippen LogP contribution in [0.25, 0.3) is 0 Å². The van der Waals surface area contributed by atoms with Gasteiger partial charge in [0.25, 0.3) is 0 Å². The Balaban J connectivity index is 3.13. The summed E-state index contributed by atoms with van der Waals surface area (Å²) in [6.45, 7) is 4.53. The van der Waals surface area contributed by atoms with Gasteiger partial charge in [0.1, 0.15) is 11.4 Å². The number of likely N-dealkylation sites (N-methyl/N-ethyl adjacent to an activating group) is 2. The molecule has 0 spiro atoms. The fourth-order valence-electron chi connectivity index (χ4n) is 1.73. The number of carbonyl (C=O) groups excluding carboxylic acids is 2. The van der Waals surface area contributed by atoms with Gasteiger partial charge >= 0.3 is 5.97 Å². The third-order valence-corrected chi connectivity index (χ3v) is 2.89. The molecule has 0 saturated heterocycles. The van der Waals surface area contributed by atoms with Crippen LogP contribution in [0.1, 0.15) is 24.2 Å². The lowest BCUT2D eigenvalue weighted by Gasteiger charge is -2.24. The van der Waals surface area contributed by atoms with Gasteiger partial charge in [-0.1, -0.05) is 0 Å². The van der Waals surface area contributed by atoms with Crippen LogP contribution >= 0.6 is 0 Å². The third kappa shape index (κ3) is 4.34. The van der Waals surface area contributed by atoms with Gasteiger partial charge in [0.15, 0.2) is 0 Å². The van der Waals surface area contributed by atoms with Crippen molar-refractivity contribution in [2.75, 3.05) is 44.4 Å². The average Bonchev–Trinajstić information content (AvgIpc) is 2.44. The van der Waals surface area contributed by atoms with E-state index in [9.17, 15) is 9.59 Å². The average molecular weight is 294 g/mol. The maximum Gasteiger partial charge on any atom is 0.341 e. The number of nitrogens with two attached hydrogens (primary N) is 1. The zero-order valence-corrected chi connectivity index (χ0v) is 12.9. The van der Waals surface area contributed by atoms with E-state index in [1.807, 2.05) is 6.92 Å². The fourth-order valence-corrected chi connectivity index (χ4v) is 1.73. The number of nitrogens with zero attached hydrogens (tertiary/aromatic N) is 3. The van der Waals surface area contributed by atoms with Crippen molar-refractivity contribution >= 4 is 23.4 Å². The van der Waals surface area contributed by atoms with Gasteiger partial charge in [0.2, 0.25) is 5.91 Å². The standard InChI is InChI=1S/C14H22N4O3/c1-5-18(9-12(19)17(3)4)13-11(14(20)21-6-2)7-10(15)8-16-13/h7-8H,5-6,9,15H2,1-4H3. The van der Waals surface area contributed by atoms with Crippen LogP contribution < -0.4 is 10.6 Å². The van der Waals surface area contributed by atoms with Crippen molar-refractivity contribution in [2.45, 2.75) is 13.8 Å². The van der Waals surface area contributed by atoms with Crippen molar-refractivity contribution in [3.8, 4) is 0 Å². The molecule has 0 atom stereocenters. The Hall–Kier alpha value is -2.31. The zero-order valence-electron chi connectivity index (χ0n) is 12.9. The number of rotatable bonds is 6. The van der Waals surface area contributed by atoms with E-state index in [0.29, 0.717) is 18.1 Å². The Morgan fingerprint density at radius 1 is 1.33 bits per heavy atom. The highest BCUT2D eigenvalue weighted by molar-refractivity contribution is 5.96. The number of ether oxygens (including phenoxy) is 1. The van der Waals surface area contributed by atoms with Gasteiger partial charge in [-0.2, -0.15) is 0 Å². The molecule has 1 rings (SSSR count). The predicted molar refractivity (Wildman–Crippen MR) is 81.2 cm³/mol. The molecule has 0 unspecified atom stereocenters. The van der Waals surface area contributed by atoms with E-state index in [1.54, 1.807) is 25.9 Å². The number of aromatic nitrogens is 1. The van der Waals surface area contributed by atoms with Gasteiger partial charge in [0, 0.05) is 20.6 Å². The molecule has 0 aromatic carbocycles. The van der Waals surface area contributed by atoms with Crippen molar-refractivity contribution in [3.63, 3.8) is 0 Å². The summed E-state index contributed by atoms with van der Waals surface area (Å²) in [6.07, 6.45) is 1.46. The number of pyridine rings is 1. The minimum Gasteiger partial charge on any atom is -0.462 e. The number of carbonyl (C=O) groups is 2. The topological polar surface area (TPSA) is 88.8 Å². The molecule has 0 aliphatic carbocycles. The second kappa shape index (κ2) is 7.47. The van der Waals surface area contributed by atoms with E-state index in [1.165, 1.54) is 17.2 Å². The third-order valence-electron chi connectivity index (χ3n) is 2.89. The van der Waals surface area contributed by atoms with E-state index in [4.69, 9.17) is 10.5 Å². The molecular formula is C14H22N4O3. The Morgan fingerprint density at radius 3 is 2.52 bits per heavy atom. The first-order chi connectivity index (χ1) is 9.90. The van der Waals surface area contributed by atoms with Crippen LogP contribution in [0.3, 0.4) is 0 Å². The monoisotopic (exact) mass is 294 g/mol. The van der Waals surface area contributed by atoms with Crippen LogP contribution in [0.4, 0.5) is 11.5 Å². The second-order valence-electron chi connectivity index (χ2n) is 4.66. The summed E-state index contributed by atoms with van der Waals surface area (Å²) in [5, 5.41) is 0. The molecular weight excluding hydrogens is 272 g/mol. The highest BCUT2D eigenvalue weighted by Crippen LogP contribution is 2.21. The van der Waals surface area contributed by atoms with Gasteiger partial charge in [-0.25, -0.2) is 9.78 Å². The number of anilines is 2. The first-order valence-electron chi connectivity index (χ1n) is 6.78. The molecule has 7 nitrogen and oxygen atoms in total. The Kier molecular flexibility index (Phi) is 5.95. The fraction of sp³-hybridized carbons (Fsp3) is 0.500. The molecule has 1 amide bonds. The van der Waals surface area contributed by atoms with E-state index < -0.39 is 5.97 Å². The lowest BCUT2D eigenvalue weighted by atomic mass is 10.2. The molecule has 0 radical (unpaired) electrons. The Bertz CT molecular complexity index is 517. The molecule has 1 aromatic heterocycles. The van der Waals surface area contributed by atoms with Crippen molar-refractivity contribution in [2.24, 2.45) is 0 Å². The molecule has 0 fully saturated rings. The van der Waals surface area contributed by atoms with Crippen LogP contribution in [0, 0.1) is 0 Å². The molecule has 7 heteroatoms. The number of hydrogen-bond acceptors (Lipinski definition) is 6. The highest BCUT2D eigenvalue weighted by atomic mass is 16.5. The van der Waals surface area contributed by atoms with E-state index in [2.05, 4.69) is 4.98 Å². The molecule has 1 aromatic rings. The van der Waals surface area contributed by atoms with Gasteiger partial charge in [-0.3, -0.25) is 4.79 Å². The maximum absolute atomic E-state index is 12.0. The molecule has 2 N–H and O–H groups in total. The van der Waals surface area contributed by atoms with Crippen molar-refractivity contribution < 1.29 is 14.3 Å². The van der Waals surface area contributed by atoms with Crippen molar-refractivity contribution in [3.05, 3.63) is 17.8 Å². The molecule has 0 saturated carbocycles. The normalized spacial score (nSPS) is 10.1. The van der Waals surface area contributed by atoms with E-state index in [0.717, 1.165) is 0 Å². The summed E-state index contributed by atoms with van der Waals surface area (Å²) in [5.74, 6) is -0.173. The first-order valence-corrected chi connectivity index (χ1v) is 6.78. The molecule has 0 aliphatic heterocycles. The van der Waals surface area contributed by atoms with Crippen LogP contribution in [-0.4, -0.2) is 55.6 Å².